The molecule has 0 atom stereocenters. The van der Waals surface area contributed by atoms with Crippen LogP contribution in [0.25, 0.3) is 98.8 Å². The van der Waals surface area contributed by atoms with Crippen molar-refractivity contribution in [2.24, 2.45) is 0 Å². The minimum Gasteiger partial charge on any atom is -0.208 e. The second-order valence-electron chi connectivity index (χ2n) is 13.6. The highest BCUT2D eigenvalue weighted by molar-refractivity contribution is 7.25. The second-order valence-corrected chi connectivity index (χ2v) is 14.7. The Morgan fingerprint density at radius 3 is 1.51 bits per heavy atom. The predicted molar refractivity (Wildman–Crippen MR) is 231 cm³/mol. The van der Waals surface area contributed by atoms with Gasteiger partial charge in [-0.1, -0.05) is 176 Å². The topological polar surface area (TPSA) is 38.7 Å². The van der Waals surface area contributed by atoms with E-state index in [9.17, 15) is 0 Å². The predicted octanol–water partition coefficient (Wildman–Crippen LogP) is 13.9. The van der Waals surface area contributed by atoms with Gasteiger partial charge in [-0.15, -0.1) is 11.3 Å². The van der Waals surface area contributed by atoms with Crippen LogP contribution in [-0.4, -0.2) is 15.0 Å². The second kappa shape index (κ2) is 14.1. The van der Waals surface area contributed by atoms with Crippen LogP contribution in [-0.2, 0) is 0 Å². The molecule has 55 heavy (non-hydrogen) atoms. The Kier molecular flexibility index (Phi) is 8.36. The molecule has 0 bridgehead atoms. The van der Waals surface area contributed by atoms with Gasteiger partial charge in [-0.2, -0.15) is 0 Å². The molecule has 0 amide bonds. The Morgan fingerprint density at radius 1 is 0.273 bits per heavy atom. The van der Waals surface area contributed by atoms with E-state index in [1.165, 1.54) is 36.9 Å². The molecule has 0 N–H and O–H groups in total. The van der Waals surface area contributed by atoms with Gasteiger partial charge in [-0.3, -0.25) is 0 Å². The smallest absolute Gasteiger partial charge is 0.164 e. The lowest BCUT2D eigenvalue weighted by molar-refractivity contribution is 1.07. The summed E-state index contributed by atoms with van der Waals surface area (Å²) in [4.78, 5) is 15.5. The van der Waals surface area contributed by atoms with E-state index in [1.54, 1.807) is 0 Å². The maximum Gasteiger partial charge on any atom is 0.164 e. The third-order valence-corrected chi connectivity index (χ3v) is 11.3. The van der Waals surface area contributed by atoms with Crippen LogP contribution in [0.4, 0.5) is 0 Å². The first-order valence-corrected chi connectivity index (χ1v) is 19.3. The minimum absolute atomic E-state index is 0.627. The summed E-state index contributed by atoms with van der Waals surface area (Å²) in [6.45, 7) is 0. The van der Waals surface area contributed by atoms with Gasteiger partial charge in [0.25, 0.3) is 0 Å². The molecule has 0 saturated carbocycles. The summed E-state index contributed by atoms with van der Waals surface area (Å²) in [7, 11) is 0. The van der Waals surface area contributed by atoms with E-state index in [1.807, 2.05) is 29.5 Å². The van der Waals surface area contributed by atoms with Gasteiger partial charge >= 0.3 is 0 Å². The molecule has 258 valence electrons. The molecule has 0 saturated heterocycles. The average molecular weight is 720 g/mol. The number of benzene rings is 8. The van der Waals surface area contributed by atoms with Crippen molar-refractivity contribution in [2.75, 3.05) is 0 Å². The maximum absolute atomic E-state index is 5.19. The van der Waals surface area contributed by atoms with Gasteiger partial charge < -0.3 is 0 Å². The molecule has 0 spiro atoms. The van der Waals surface area contributed by atoms with Crippen molar-refractivity contribution in [1.82, 2.24) is 15.0 Å². The lowest BCUT2D eigenvalue weighted by atomic mass is 9.95. The number of hydrogen-bond donors (Lipinski definition) is 0. The standard InChI is InChI=1S/C51H33N3S/c1-3-14-34(15-4-1)35-28-30-37(31-29-35)49-52-50(54-51(53-49)44-23-8-7-22-42(44)36-16-5-2-6-17-36)41-21-12-19-39(33-41)38-18-11-20-40(32-38)43-25-13-27-47-48(43)45-24-9-10-26-46(45)55-47/h1-33H. The van der Waals surface area contributed by atoms with Crippen molar-refractivity contribution in [3.63, 3.8) is 0 Å². The van der Waals surface area contributed by atoms with Crippen molar-refractivity contribution >= 4 is 31.5 Å². The summed E-state index contributed by atoms with van der Waals surface area (Å²) < 4.78 is 2.61. The summed E-state index contributed by atoms with van der Waals surface area (Å²) in [6, 6.07) is 70.4. The molecular formula is C51H33N3S. The molecule has 0 unspecified atom stereocenters. The largest absolute Gasteiger partial charge is 0.208 e. The molecule has 0 aliphatic rings. The van der Waals surface area contributed by atoms with Crippen molar-refractivity contribution in [2.45, 2.75) is 0 Å². The van der Waals surface area contributed by atoms with Gasteiger partial charge in [0, 0.05) is 36.9 Å². The maximum atomic E-state index is 5.19. The first kappa shape index (κ1) is 32.6. The fraction of sp³-hybridized carbons (Fsp3) is 0. The fourth-order valence-electron chi connectivity index (χ4n) is 7.46. The molecule has 8 aromatic carbocycles. The minimum atomic E-state index is 0.627. The van der Waals surface area contributed by atoms with Crippen LogP contribution in [0.1, 0.15) is 0 Å². The van der Waals surface area contributed by atoms with E-state index in [4.69, 9.17) is 15.0 Å². The quantitative estimate of drug-likeness (QED) is 0.165. The lowest BCUT2D eigenvalue weighted by Crippen LogP contribution is -2.01. The van der Waals surface area contributed by atoms with E-state index < -0.39 is 0 Å². The summed E-state index contributed by atoms with van der Waals surface area (Å²) >= 11 is 1.85. The van der Waals surface area contributed by atoms with E-state index >= 15 is 0 Å². The van der Waals surface area contributed by atoms with Crippen LogP contribution < -0.4 is 0 Å². The lowest BCUT2D eigenvalue weighted by Gasteiger charge is -2.13. The van der Waals surface area contributed by atoms with Crippen molar-refractivity contribution in [3.8, 4) is 78.7 Å². The molecule has 0 fully saturated rings. The normalized spacial score (nSPS) is 11.3. The molecule has 2 heterocycles. The number of hydrogen-bond acceptors (Lipinski definition) is 4. The van der Waals surface area contributed by atoms with Gasteiger partial charge in [-0.05, 0) is 68.8 Å². The van der Waals surface area contributed by atoms with Crippen LogP contribution in [0.15, 0.2) is 200 Å². The number of nitrogens with zero attached hydrogens (tertiary/aromatic N) is 3. The van der Waals surface area contributed by atoms with E-state index in [2.05, 4.69) is 182 Å². The number of thiophene rings is 1. The zero-order valence-electron chi connectivity index (χ0n) is 29.8. The molecule has 2 aromatic heterocycles. The third-order valence-electron chi connectivity index (χ3n) is 10.2. The number of rotatable bonds is 7. The molecule has 0 aliphatic carbocycles. The zero-order chi connectivity index (χ0) is 36.6. The first-order valence-electron chi connectivity index (χ1n) is 18.4. The molecule has 10 rings (SSSR count). The number of fused-ring (bicyclic) bond motifs is 3. The van der Waals surface area contributed by atoms with Gasteiger partial charge in [-0.25, -0.2) is 15.0 Å². The van der Waals surface area contributed by atoms with E-state index in [-0.39, 0.29) is 0 Å². The Bertz CT molecular complexity index is 2970. The molecule has 3 nitrogen and oxygen atoms in total. The van der Waals surface area contributed by atoms with Crippen LogP contribution in [0.2, 0.25) is 0 Å². The Morgan fingerprint density at radius 2 is 0.745 bits per heavy atom. The monoisotopic (exact) mass is 719 g/mol. The number of aromatic nitrogens is 3. The zero-order valence-corrected chi connectivity index (χ0v) is 30.6. The summed E-state index contributed by atoms with van der Waals surface area (Å²) in [6.07, 6.45) is 0. The van der Waals surface area contributed by atoms with Crippen LogP contribution in [0, 0.1) is 0 Å². The van der Waals surface area contributed by atoms with Crippen LogP contribution in [0.5, 0.6) is 0 Å². The third kappa shape index (κ3) is 6.29. The molecule has 4 heteroatoms. The Labute approximate surface area is 323 Å². The van der Waals surface area contributed by atoms with E-state index in [0.717, 1.165) is 44.5 Å². The summed E-state index contributed by atoms with van der Waals surface area (Å²) in [5, 5.41) is 2.61. The molecule has 0 aliphatic heterocycles. The highest BCUT2D eigenvalue weighted by Gasteiger charge is 2.17. The van der Waals surface area contributed by atoms with Gasteiger partial charge in [0.15, 0.2) is 17.5 Å². The summed E-state index contributed by atoms with van der Waals surface area (Å²) in [5.41, 5.74) is 12.0. The van der Waals surface area contributed by atoms with Crippen molar-refractivity contribution in [1.29, 1.82) is 0 Å². The summed E-state index contributed by atoms with van der Waals surface area (Å²) in [5.74, 6) is 1.89. The fourth-order valence-corrected chi connectivity index (χ4v) is 8.60. The van der Waals surface area contributed by atoms with Gasteiger partial charge in [0.05, 0.1) is 0 Å². The Hall–Kier alpha value is -7.01. The Balaban J connectivity index is 1.09. The molecular weight excluding hydrogens is 687 g/mol. The van der Waals surface area contributed by atoms with Crippen molar-refractivity contribution < 1.29 is 0 Å². The molecule has 10 aromatic rings. The highest BCUT2D eigenvalue weighted by Crippen LogP contribution is 2.41. The van der Waals surface area contributed by atoms with Gasteiger partial charge in [0.2, 0.25) is 0 Å². The van der Waals surface area contributed by atoms with E-state index in [0.29, 0.717) is 17.5 Å². The van der Waals surface area contributed by atoms with Crippen LogP contribution in [0.3, 0.4) is 0 Å². The average Bonchev–Trinajstić information content (AvgIpc) is 3.66. The molecule has 0 radical (unpaired) electrons. The van der Waals surface area contributed by atoms with Crippen molar-refractivity contribution in [3.05, 3.63) is 200 Å². The van der Waals surface area contributed by atoms with Crippen LogP contribution >= 0.6 is 11.3 Å². The SMILES string of the molecule is c1ccc(-c2ccc(-c3nc(-c4cccc(-c5cccc(-c6cccc7sc8ccccc8c67)c5)c4)nc(-c4ccccc4-c4ccccc4)n3)cc2)cc1. The first-order chi connectivity index (χ1) is 27.2. The van der Waals surface area contributed by atoms with Gasteiger partial charge in [0.1, 0.15) is 0 Å². The highest BCUT2D eigenvalue weighted by atomic mass is 32.1.